The Hall–Kier alpha value is -3.43. The van der Waals surface area contributed by atoms with Gasteiger partial charge in [0.2, 0.25) is 11.8 Å². The van der Waals surface area contributed by atoms with Crippen LogP contribution in [0, 0.1) is 19.7 Å². The molecule has 10 heteroatoms. The molecule has 7 nitrogen and oxygen atoms in total. The molecule has 0 aliphatic heterocycles. The van der Waals surface area contributed by atoms with Crippen molar-refractivity contribution >= 4 is 39.1 Å². The zero-order valence-electron chi connectivity index (χ0n) is 21.0. The highest BCUT2D eigenvalue weighted by molar-refractivity contribution is 7.92. The normalized spacial score (nSPS) is 12.1. The number of sulfonamides is 1. The predicted octanol–water partition coefficient (Wildman–Crippen LogP) is 4.45. The van der Waals surface area contributed by atoms with Crippen LogP contribution in [0.1, 0.15) is 23.6 Å². The molecule has 3 rings (SSSR count). The summed E-state index contributed by atoms with van der Waals surface area (Å²) < 4.78 is 41.9. The lowest BCUT2D eigenvalue weighted by atomic mass is 10.1. The summed E-state index contributed by atoms with van der Waals surface area (Å²) in [5.41, 5.74) is 2.41. The second kappa shape index (κ2) is 11.7. The highest BCUT2D eigenvalue weighted by Crippen LogP contribution is 2.28. The fraction of sp³-hybridized carbons (Fsp3) is 0.259. The van der Waals surface area contributed by atoms with Crippen molar-refractivity contribution in [3.8, 4) is 0 Å². The molecule has 2 amide bonds. The molecule has 37 heavy (non-hydrogen) atoms. The lowest BCUT2D eigenvalue weighted by molar-refractivity contribution is -0.139. The van der Waals surface area contributed by atoms with Crippen molar-refractivity contribution in [1.82, 2.24) is 10.2 Å². The third kappa shape index (κ3) is 6.67. The molecule has 0 bridgehead atoms. The van der Waals surface area contributed by atoms with Crippen LogP contribution in [-0.2, 0) is 26.2 Å². The van der Waals surface area contributed by atoms with E-state index in [4.69, 9.17) is 11.6 Å². The summed E-state index contributed by atoms with van der Waals surface area (Å²) in [6.45, 7) is 4.55. The van der Waals surface area contributed by atoms with Crippen LogP contribution in [0.15, 0.2) is 71.6 Å². The van der Waals surface area contributed by atoms with Crippen LogP contribution < -0.4 is 9.62 Å². The van der Waals surface area contributed by atoms with Crippen molar-refractivity contribution < 1.29 is 22.4 Å². The second-order valence-electron chi connectivity index (χ2n) is 8.70. The fourth-order valence-corrected chi connectivity index (χ4v) is 5.26. The molecule has 0 saturated carbocycles. The number of nitrogens with one attached hydrogen (secondary N) is 1. The number of aryl methyl sites for hydroxylation is 2. The van der Waals surface area contributed by atoms with Crippen molar-refractivity contribution in [2.75, 3.05) is 17.9 Å². The summed E-state index contributed by atoms with van der Waals surface area (Å²) in [5, 5.41) is 2.86. The van der Waals surface area contributed by atoms with Crippen LogP contribution in [0.4, 0.5) is 10.1 Å². The minimum absolute atomic E-state index is 0.00651. The monoisotopic (exact) mass is 545 g/mol. The standard InChI is InChI=1S/C27H29ClFN3O4S/c1-18-5-13-24(14-6-18)37(35,36)32(23-12-7-19(2)25(28)15-23)17-26(33)31(20(3)27(34)30-4)16-21-8-10-22(29)11-9-21/h5-15,20H,16-17H2,1-4H3,(H,30,34). The van der Waals surface area contributed by atoms with E-state index in [1.807, 2.05) is 6.92 Å². The Morgan fingerprint density at radius 2 is 1.62 bits per heavy atom. The zero-order valence-corrected chi connectivity index (χ0v) is 22.6. The van der Waals surface area contributed by atoms with Crippen LogP contribution in [0.5, 0.6) is 0 Å². The Morgan fingerprint density at radius 3 is 2.19 bits per heavy atom. The molecule has 196 valence electrons. The number of rotatable bonds is 9. The molecule has 0 radical (unpaired) electrons. The minimum Gasteiger partial charge on any atom is -0.357 e. The number of likely N-dealkylation sites (N-methyl/N-ethyl adjacent to an activating group) is 1. The van der Waals surface area contributed by atoms with Gasteiger partial charge in [-0.25, -0.2) is 12.8 Å². The molecule has 1 unspecified atom stereocenters. The van der Waals surface area contributed by atoms with Gasteiger partial charge in [-0.2, -0.15) is 0 Å². The lowest BCUT2D eigenvalue weighted by Crippen LogP contribution is -2.50. The SMILES string of the molecule is CNC(=O)C(C)N(Cc1ccc(F)cc1)C(=O)CN(c1ccc(C)c(Cl)c1)S(=O)(=O)c1ccc(C)cc1. The third-order valence-electron chi connectivity index (χ3n) is 6.01. The molecule has 3 aromatic carbocycles. The topological polar surface area (TPSA) is 86.8 Å². The number of amides is 2. The highest BCUT2D eigenvalue weighted by Gasteiger charge is 2.32. The molecule has 1 atom stereocenters. The van der Waals surface area contributed by atoms with Crippen LogP contribution in [0.2, 0.25) is 5.02 Å². The second-order valence-corrected chi connectivity index (χ2v) is 11.0. The van der Waals surface area contributed by atoms with E-state index in [0.29, 0.717) is 10.6 Å². The predicted molar refractivity (Wildman–Crippen MR) is 142 cm³/mol. The van der Waals surface area contributed by atoms with Gasteiger partial charge in [0, 0.05) is 18.6 Å². The summed E-state index contributed by atoms with van der Waals surface area (Å²) >= 11 is 6.30. The van der Waals surface area contributed by atoms with Gasteiger partial charge in [0.25, 0.3) is 10.0 Å². The van der Waals surface area contributed by atoms with E-state index < -0.39 is 40.2 Å². The van der Waals surface area contributed by atoms with Crippen molar-refractivity contribution in [3.63, 3.8) is 0 Å². The van der Waals surface area contributed by atoms with E-state index in [9.17, 15) is 22.4 Å². The Kier molecular flexibility index (Phi) is 8.94. The molecule has 0 aromatic heterocycles. The van der Waals surface area contributed by atoms with E-state index in [2.05, 4.69) is 5.32 Å². The van der Waals surface area contributed by atoms with Gasteiger partial charge in [0.05, 0.1) is 10.6 Å². The number of carbonyl (C=O) groups excluding carboxylic acids is 2. The number of hydrogen-bond donors (Lipinski definition) is 1. The van der Waals surface area contributed by atoms with Crippen LogP contribution in [0.25, 0.3) is 0 Å². The van der Waals surface area contributed by atoms with Gasteiger partial charge in [-0.05, 0) is 68.3 Å². The average Bonchev–Trinajstić information content (AvgIpc) is 2.87. The molecule has 0 aliphatic carbocycles. The van der Waals surface area contributed by atoms with Gasteiger partial charge >= 0.3 is 0 Å². The molecule has 0 heterocycles. The first-order valence-corrected chi connectivity index (χ1v) is 13.4. The maximum atomic E-state index is 13.7. The van der Waals surface area contributed by atoms with E-state index in [1.54, 1.807) is 38.1 Å². The van der Waals surface area contributed by atoms with Gasteiger partial charge in [-0.1, -0.05) is 47.5 Å². The summed E-state index contributed by atoms with van der Waals surface area (Å²) in [4.78, 5) is 27.4. The van der Waals surface area contributed by atoms with Crippen LogP contribution in [-0.4, -0.2) is 44.8 Å². The smallest absolute Gasteiger partial charge is 0.264 e. The van der Waals surface area contributed by atoms with Crippen LogP contribution >= 0.6 is 11.6 Å². The zero-order chi connectivity index (χ0) is 27.3. The molecular weight excluding hydrogens is 517 g/mol. The number of benzene rings is 3. The summed E-state index contributed by atoms with van der Waals surface area (Å²) in [6.07, 6.45) is 0. The highest BCUT2D eigenvalue weighted by atomic mass is 35.5. The van der Waals surface area contributed by atoms with E-state index in [1.165, 1.54) is 54.4 Å². The van der Waals surface area contributed by atoms with Gasteiger partial charge in [-0.3, -0.25) is 13.9 Å². The first-order valence-electron chi connectivity index (χ1n) is 11.5. The molecule has 1 N–H and O–H groups in total. The molecular formula is C27H29ClFN3O4S. The van der Waals surface area contributed by atoms with Gasteiger partial charge < -0.3 is 10.2 Å². The number of anilines is 1. The third-order valence-corrected chi connectivity index (χ3v) is 8.21. The maximum Gasteiger partial charge on any atom is 0.264 e. The van der Waals surface area contributed by atoms with Crippen molar-refractivity contribution in [3.05, 3.63) is 94.3 Å². The van der Waals surface area contributed by atoms with E-state index >= 15 is 0 Å². The van der Waals surface area contributed by atoms with Crippen molar-refractivity contribution in [2.24, 2.45) is 0 Å². The molecule has 3 aromatic rings. The number of halogens is 2. The van der Waals surface area contributed by atoms with Gasteiger partial charge in [0.1, 0.15) is 18.4 Å². The maximum absolute atomic E-state index is 13.7. The van der Waals surface area contributed by atoms with Crippen molar-refractivity contribution in [2.45, 2.75) is 38.3 Å². The lowest BCUT2D eigenvalue weighted by Gasteiger charge is -2.32. The van der Waals surface area contributed by atoms with Gasteiger partial charge in [-0.15, -0.1) is 0 Å². The number of carbonyl (C=O) groups is 2. The molecule has 0 spiro atoms. The quantitative estimate of drug-likeness (QED) is 0.430. The summed E-state index contributed by atoms with van der Waals surface area (Å²) in [5.74, 6) is -1.48. The van der Waals surface area contributed by atoms with E-state index in [-0.39, 0.29) is 17.1 Å². The van der Waals surface area contributed by atoms with Crippen molar-refractivity contribution in [1.29, 1.82) is 0 Å². The van der Waals surface area contributed by atoms with Gasteiger partial charge in [0.15, 0.2) is 0 Å². The molecule has 0 aliphatic rings. The summed E-state index contributed by atoms with van der Waals surface area (Å²) in [7, 11) is -2.74. The largest absolute Gasteiger partial charge is 0.357 e. The molecule has 0 fully saturated rings. The molecule has 0 saturated heterocycles. The first kappa shape index (κ1) is 28.1. The fourth-order valence-electron chi connectivity index (χ4n) is 3.68. The Balaban J connectivity index is 2.05. The first-order chi connectivity index (χ1) is 17.4. The Bertz CT molecular complexity index is 1380. The van der Waals surface area contributed by atoms with Crippen LogP contribution in [0.3, 0.4) is 0 Å². The minimum atomic E-state index is -4.18. The Labute approximate surface area is 221 Å². The Morgan fingerprint density at radius 1 is 1.00 bits per heavy atom. The average molecular weight is 546 g/mol. The number of nitrogens with zero attached hydrogens (tertiary/aromatic N) is 2. The number of hydrogen-bond acceptors (Lipinski definition) is 4. The summed E-state index contributed by atoms with van der Waals surface area (Å²) in [6, 6.07) is 15.6. The van der Waals surface area contributed by atoms with E-state index in [0.717, 1.165) is 15.4 Å².